The molecule has 1 N–H and O–H groups in total. The summed E-state index contributed by atoms with van der Waals surface area (Å²) in [4.78, 5) is 14.0. The van der Waals surface area contributed by atoms with Gasteiger partial charge in [0.1, 0.15) is 18.2 Å². The van der Waals surface area contributed by atoms with Crippen molar-refractivity contribution in [1.82, 2.24) is 4.98 Å². The van der Waals surface area contributed by atoms with Crippen LogP contribution in [-0.2, 0) is 15.9 Å². The second kappa shape index (κ2) is 11.8. The summed E-state index contributed by atoms with van der Waals surface area (Å²) in [5, 5.41) is 0. The number of rotatable bonds is 11. The predicted octanol–water partition coefficient (Wildman–Crippen LogP) is 7.60. The van der Waals surface area contributed by atoms with Crippen LogP contribution in [0.4, 0.5) is 4.39 Å². The summed E-state index contributed by atoms with van der Waals surface area (Å²) in [5.41, 5.74) is 3.65. The SMILES string of the molecule is COc1cc(-c2ccc(COc3cccc(C(CP(C)(=O)O)C4CC4)c3)cc2C(OC)C(C)(C)C)c(F)cn1. The van der Waals surface area contributed by atoms with Gasteiger partial charge in [0.25, 0.3) is 0 Å². The van der Waals surface area contributed by atoms with E-state index in [0.717, 1.165) is 29.5 Å². The average molecular weight is 556 g/mol. The van der Waals surface area contributed by atoms with Gasteiger partial charge in [0.2, 0.25) is 5.88 Å². The summed E-state index contributed by atoms with van der Waals surface area (Å²) < 4.78 is 44.5. The van der Waals surface area contributed by atoms with Crippen molar-refractivity contribution in [3.8, 4) is 22.8 Å². The molecule has 0 amide bonds. The molecule has 2 aromatic carbocycles. The molecule has 210 valence electrons. The normalized spacial score (nSPS) is 16.8. The molecule has 0 radical (unpaired) electrons. The van der Waals surface area contributed by atoms with Gasteiger partial charge in [0.05, 0.1) is 19.4 Å². The Kier molecular flexibility index (Phi) is 8.85. The van der Waals surface area contributed by atoms with E-state index in [1.807, 2.05) is 42.5 Å². The van der Waals surface area contributed by atoms with Crippen LogP contribution in [-0.4, -0.2) is 36.9 Å². The van der Waals surface area contributed by atoms with Crippen LogP contribution in [0.2, 0.25) is 0 Å². The summed E-state index contributed by atoms with van der Waals surface area (Å²) in [6.07, 6.45) is 3.32. The van der Waals surface area contributed by atoms with Gasteiger partial charge < -0.3 is 19.1 Å². The van der Waals surface area contributed by atoms with E-state index in [1.54, 1.807) is 13.2 Å². The molecule has 39 heavy (non-hydrogen) atoms. The summed E-state index contributed by atoms with van der Waals surface area (Å²) in [6, 6.07) is 15.3. The standard InChI is InChI=1S/C31H39FNO5P/c1-31(2,3)30(37-5)26-14-20(10-13-24(26)25-16-29(36-4)33-17-28(25)32)18-38-23-9-7-8-22(15-23)27(21-11-12-21)19-39(6,34)35/h7-10,13-17,21,27,30H,11-12,18-19H2,1-6H3,(H,34,35). The van der Waals surface area contributed by atoms with Crippen LogP contribution in [0.25, 0.3) is 11.1 Å². The van der Waals surface area contributed by atoms with Crippen molar-refractivity contribution < 1.29 is 28.1 Å². The zero-order valence-corrected chi connectivity index (χ0v) is 24.5. The fourth-order valence-corrected chi connectivity index (χ4v) is 6.48. The van der Waals surface area contributed by atoms with E-state index < -0.39 is 13.2 Å². The first kappa shape index (κ1) is 29.3. The van der Waals surface area contributed by atoms with Crippen molar-refractivity contribution in [1.29, 1.82) is 0 Å². The van der Waals surface area contributed by atoms with Crippen LogP contribution in [0, 0.1) is 17.2 Å². The van der Waals surface area contributed by atoms with Crippen LogP contribution in [0.3, 0.4) is 0 Å². The van der Waals surface area contributed by atoms with Crippen LogP contribution in [0.15, 0.2) is 54.7 Å². The van der Waals surface area contributed by atoms with Gasteiger partial charge in [0, 0.05) is 31.6 Å². The number of halogens is 1. The Labute approximate surface area is 231 Å². The molecule has 0 saturated heterocycles. The van der Waals surface area contributed by atoms with Crippen molar-refractivity contribution in [3.05, 3.63) is 77.2 Å². The smallest absolute Gasteiger partial charge is 0.213 e. The molecule has 3 unspecified atom stereocenters. The maximum absolute atomic E-state index is 15.0. The fourth-order valence-electron chi connectivity index (χ4n) is 5.24. The number of hydrogen-bond donors (Lipinski definition) is 1. The average Bonchev–Trinajstić information content (AvgIpc) is 3.71. The highest BCUT2D eigenvalue weighted by Crippen LogP contribution is 2.51. The minimum Gasteiger partial charge on any atom is -0.489 e. The number of aromatic nitrogens is 1. The third-order valence-corrected chi connectivity index (χ3v) is 8.24. The van der Waals surface area contributed by atoms with Gasteiger partial charge in [0.15, 0.2) is 7.37 Å². The molecule has 4 rings (SSSR count). The molecule has 8 heteroatoms. The number of methoxy groups -OCH3 is 2. The Hall–Kier alpha value is -2.73. The molecular weight excluding hydrogens is 516 g/mol. The van der Waals surface area contributed by atoms with Crippen molar-refractivity contribution in [2.45, 2.75) is 52.2 Å². The maximum atomic E-state index is 15.0. The third-order valence-electron chi connectivity index (χ3n) is 7.17. The van der Waals surface area contributed by atoms with Gasteiger partial charge in [-0.05, 0) is 70.5 Å². The summed E-state index contributed by atoms with van der Waals surface area (Å²) in [5.74, 6) is 1.11. The van der Waals surface area contributed by atoms with Crippen LogP contribution >= 0.6 is 7.37 Å². The number of ether oxygens (including phenoxy) is 3. The van der Waals surface area contributed by atoms with Crippen molar-refractivity contribution in [2.24, 2.45) is 11.3 Å². The van der Waals surface area contributed by atoms with Gasteiger partial charge in [-0.15, -0.1) is 0 Å². The van der Waals surface area contributed by atoms with Gasteiger partial charge >= 0.3 is 0 Å². The van der Waals surface area contributed by atoms with E-state index in [0.29, 0.717) is 35.3 Å². The molecule has 0 aliphatic heterocycles. The van der Waals surface area contributed by atoms with E-state index in [9.17, 15) is 13.8 Å². The quantitative estimate of drug-likeness (QED) is 0.246. The summed E-state index contributed by atoms with van der Waals surface area (Å²) >= 11 is 0. The van der Waals surface area contributed by atoms with Gasteiger partial charge in [-0.3, -0.25) is 4.57 Å². The molecule has 3 atom stereocenters. The van der Waals surface area contributed by atoms with Gasteiger partial charge in [-0.2, -0.15) is 0 Å². The molecule has 0 spiro atoms. The van der Waals surface area contributed by atoms with E-state index in [1.165, 1.54) is 20.0 Å². The molecule has 6 nitrogen and oxygen atoms in total. The summed E-state index contributed by atoms with van der Waals surface area (Å²) in [7, 11) is 0.0256. The largest absolute Gasteiger partial charge is 0.489 e. The van der Waals surface area contributed by atoms with Gasteiger partial charge in [-0.1, -0.05) is 45.0 Å². The number of benzene rings is 2. The lowest BCUT2D eigenvalue weighted by Crippen LogP contribution is -2.21. The van der Waals surface area contributed by atoms with Crippen molar-refractivity contribution >= 4 is 7.37 Å². The van der Waals surface area contributed by atoms with Crippen LogP contribution in [0.1, 0.15) is 62.3 Å². The number of pyridine rings is 1. The lowest BCUT2D eigenvalue weighted by Gasteiger charge is -2.32. The fraction of sp³-hybridized carbons (Fsp3) is 0.452. The molecule has 1 heterocycles. The molecular formula is C31H39FNO5P. The highest BCUT2D eigenvalue weighted by atomic mass is 31.2. The highest BCUT2D eigenvalue weighted by molar-refractivity contribution is 7.57. The van der Waals surface area contributed by atoms with Crippen molar-refractivity contribution in [3.63, 3.8) is 0 Å². The second-order valence-electron chi connectivity index (χ2n) is 11.6. The molecule has 1 saturated carbocycles. The highest BCUT2D eigenvalue weighted by Gasteiger charge is 2.35. The van der Waals surface area contributed by atoms with Crippen LogP contribution < -0.4 is 9.47 Å². The Balaban J connectivity index is 1.64. The summed E-state index contributed by atoms with van der Waals surface area (Å²) in [6.45, 7) is 7.99. The first-order valence-electron chi connectivity index (χ1n) is 13.3. The third kappa shape index (κ3) is 7.47. The number of hydrogen-bond acceptors (Lipinski definition) is 5. The molecule has 1 aliphatic carbocycles. The Morgan fingerprint density at radius 1 is 1.10 bits per heavy atom. The Morgan fingerprint density at radius 2 is 1.85 bits per heavy atom. The Bertz CT molecular complexity index is 1350. The van der Waals surface area contributed by atoms with E-state index in [2.05, 4.69) is 25.8 Å². The van der Waals surface area contributed by atoms with Gasteiger partial charge in [-0.25, -0.2) is 9.37 Å². The first-order valence-corrected chi connectivity index (χ1v) is 15.6. The molecule has 0 bridgehead atoms. The maximum Gasteiger partial charge on any atom is 0.213 e. The molecule has 1 fully saturated rings. The molecule has 1 aliphatic rings. The van der Waals surface area contributed by atoms with E-state index >= 15 is 0 Å². The molecule has 1 aromatic heterocycles. The zero-order chi connectivity index (χ0) is 28.4. The minimum absolute atomic E-state index is 0.0572. The second-order valence-corrected chi connectivity index (χ2v) is 14.1. The van der Waals surface area contributed by atoms with E-state index in [-0.39, 0.29) is 23.6 Å². The zero-order valence-electron chi connectivity index (χ0n) is 23.6. The lowest BCUT2D eigenvalue weighted by molar-refractivity contribution is 0.0155. The topological polar surface area (TPSA) is 77.9 Å². The van der Waals surface area contributed by atoms with E-state index in [4.69, 9.17) is 14.2 Å². The first-order chi connectivity index (χ1) is 18.4. The molecule has 3 aromatic rings. The van der Waals surface area contributed by atoms with Crippen molar-refractivity contribution in [2.75, 3.05) is 27.0 Å². The lowest BCUT2D eigenvalue weighted by atomic mass is 9.81. The minimum atomic E-state index is -3.14. The Morgan fingerprint density at radius 3 is 2.46 bits per heavy atom. The van der Waals surface area contributed by atoms with Crippen LogP contribution in [0.5, 0.6) is 11.6 Å². The monoisotopic (exact) mass is 555 g/mol. The predicted molar refractivity (Wildman–Crippen MR) is 152 cm³/mol. The number of nitrogens with zero attached hydrogens (tertiary/aromatic N) is 1.